The zero-order chi connectivity index (χ0) is 13.7. The van der Waals surface area contributed by atoms with E-state index in [9.17, 15) is 4.79 Å². The average molecular weight is 300 g/mol. The molecular formula is C15H22ClNO3. The maximum absolute atomic E-state index is 11.7. The van der Waals surface area contributed by atoms with Gasteiger partial charge in [-0.25, -0.2) is 4.79 Å². The lowest BCUT2D eigenvalue weighted by molar-refractivity contribution is -0.153. The summed E-state index contributed by atoms with van der Waals surface area (Å²) in [4.78, 5) is 13.9. The Hall–Kier alpha value is -1.26. The van der Waals surface area contributed by atoms with Crippen molar-refractivity contribution in [2.24, 2.45) is 0 Å². The van der Waals surface area contributed by atoms with E-state index < -0.39 is 0 Å². The van der Waals surface area contributed by atoms with Gasteiger partial charge in [-0.15, -0.1) is 12.4 Å². The lowest BCUT2D eigenvalue weighted by Gasteiger charge is -2.28. The quantitative estimate of drug-likeness (QED) is 0.801. The molecule has 0 amide bonds. The molecule has 0 radical (unpaired) electrons. The van der Waals surface area contributed by atoms with E-state index in [1.165, 1.54) is 5.56 Å². The number of carbonyl (C=O) groups excluding carboxylic acids is 1. The molecule has 1 heterocycles. The van der Waals surface area contributed by atoms with Gasteiger partial charge in [-0.2, -0.15) is 0 Å². The monoisotopic (exact) mass is 299 g/mol. The molecule has 0 aliphatic carbocycles. The van der Waals surface area contributed by atoms with E-state index in [0.717, 1.165) is 25.9 Å². The second-order valence-corrected chi connectivity index (χ2v) is 5.09. The van der Waals surface area contributed by atoms with Crippen LogP contribution in [0.3, 0.4) is 0 Å². The first-order valence-electron chi connectivity index (χ1n) is 6.71. The van der Waals surface area contributed by atoms with E-state index in [1.54, 1.807) is 0 Å². The smallest absolute Gasteiger partial charge is 0.344 e. The van der Waals surface area contributed by atoms with Gasteiger partial charge in [0.2, 0.25) is 0 Å². The second kappa shape index (κ2) is 8.12. The van der Waals surface area contributed by atoms with Gasteiger partial charge >= 0.3 is 5.97 Å². The van der Waals surface area contributed by atoms with Crippen molar-refractivity contribution in [2.75, 3.05) is 26.7 Å². The minimum atomic E-state index is -0.282. The lowest BCUT2D eigenvalue weighted by Crippen LogP contribution is -2.36. The molecule has 5 heteroatoms. The molecule has 20 heavy (non-hydrogen) atoms. The number of ether oxygens (including phenoxy) is 2. The van der Waals surface area contributed by atoms with Gasteiger partial charge in [-0.05, 0) is 38.9 Å². The number of piperidine rings is 1. The van der Waals surface area contributed by atoms with E-state index in [1.807, 2.05) is 31.2 Å². The molecule has 1 fully saturated rings. The van der Waals surface area contributed by atoms with Gasteiger partial charge in [0.05, 0.1) is 0 Å². The summed E-state index contributed by atoms with van der Waals surface area (Å²) in [5.41, 5.74) is 1.17. The number of halogens is 1. The van der Waals surface area contributed by atoms with Crippen molar-refractivity contribution in [3.63, 3.8) is 0 Å². The van der Waals surface area contributed by atoms with Gasteiger partial charge in [0.15, 0.2) is 6.61 Å². The van der Waals surface area contributed by atoms with Crippen LogP contribution < -0.4 is 4.74 Å². The maximum Gasteiger partial charge on any atom is 0.344 e. The van der Waals surface area contributed by atoms with Gasteiger partial charge in [0.25, 0.3) is 0 Å². The number of aryl methyl sites for hydroxylation is 1. The highest BCUT2D eigenvalue weighted by Gasteiger charge is 2.20. The van der Waals surface area contributed by atoms with Crippen LogP contribution in [-0.4, -0.2) is 43.7 Å². The summed E-state index contributed by atoms with van der Waals surface area (Å²) in [7, 11) is 2.08. The molecule has 0 bridgehead atoms. The first-order chi connectivity index (χ1) is 9.13. The number of likely N-dealkylation sites (tertiary alicyclic amines) is 1. The minimum absolute atomic E-state index is 0. The van der Waals surface area contributed by atoms with Crippen LogP contribution in [0, 0.1) is 6.92 Å². The van der Waals surface area contributed by atoms with Crippen LogP contribution in [0.5, 0.6) is 5.75 Å². The van der Waals surface area contributed by atoms with E-state index in [4.69, 9.17) is 9.47 Å². The largest absolute Gasteiger partial charge is 0.482 e. The van der Waals surface area contributed by atoms with Crippen LogP contribution in [0.25, 0.3) is 0 Å². The van der Waals surface area contributed by atoms with Crippen LogP contribution in [0.2, 0.25) is 0 Å². The molecule has 2 rings (SSSR count). The van der Waals surface area contributed by atoms with Crippen molar-refractivity contribution in [3.05, 3.63) is 29.8 Å². The summed E-state index contributed by atoms with van der Waals surface area (Å²) < 4.78 is 10.8. The first-order valence-corrected chi connectivity index (χ1v) is 6.71. The lowest BCUT2D eigenvalue weighted by atomic mass is 10.1. The third-order valence-corrected chi connectivity index (χ3v) is 3.34. The second-order valence-electron chi connectivity index (χ2n) is 5.09. The van der Waals surface area contributed by atoms with Gasteiger partial charge in [-0.3, -0.25) is 0 Å². The van der Waals surface area contributed by atoms with Crippen molar-refractivity contribution in [1.82, 2.24) is 4.90 Å². The van der Waals surface area contributed by atoms with Crippen LogP contribution >= 0.6 is 12.4 Å². The molecule has 0 atom stereocenters. The summed E-state index contributed by atoms with van der Waals surface area (Å²) in [6, 6.07) is 7.63. The number of nitrogens with zero attached hydrogens (tertiary/aromatic N) is 1. The van der Waals surface area contributed by atoms with E-state index >= 15 is 0 Å². The zero-order valence-electron chi connectivity index (χ0n) is 12.0. The Bertz CT molecular complexity index is 414. The molecule has 0 spiro atoms. The predicted molar refractivity (Wildman–Crippen MR) is 80.5 cm³/mol. The van der Waals surface area contributed by atoms with Crippen LogP contribution in [-0.2, 0) is 9.53 Å². The SMILES string of the molecule is Cc1ccc(OCC(=O)OC2CCN(C)CC2)cc1.Cl. The molecule has 0 aromatic heterocycles. The Balaban J connectivity index is 0.00000200. The Morgan fingerprint density at radius 3 is 2.45 bits per heavy atom. The molecular weight excluding hydrogens is 278 g/mol. The summed E-state index contributed by atoms with van der Waals surface area (Å²) >= 11 is 0. The molecule has 0 unspecified atom stereocenters. The highest BCUT2D eigenvalue weighted by atomic mass is 35.5. The molecule has 0 saturated carbocycles. The van der Waals surface area contributed by atoms with Gasteiger partial charge in [0, 0.05) is 13.1 Å². The normalized spacial score (nSPS) is 16.3. The summed E-state index contributed by atoms with van der Waals surface area (Å²) in [6.07, 6.45) is 1.87. The van der Waals surface area contributed by atoms with Crippen molar-refractivity contribution in [3.8, 4) is 5.75 Å². The fraction of sp³-hybridized carbons (Fsp3) is 0.533. The number of carbonyl (C=O) groups is 1. The number of rotatable bonds is 4. The molecule has 1 aromatic carbocycles. The molecule has 1 saturated heterocycles. The van der Waals surface area contributed by atoms with Crippen molar-refractivity contribution in [1.29, 1.82) is 0 Å². The Morgan fingerprint density at radius 1 is 1.25 bits per heavy atom. The fourth-order valence-corrected chi connectivity index (χ4v) is 2.10. The number of hydrogen-bond donors (Lipinski definition) is 0. The molecule has 1 aliphatic heterocycles. The summed E-state index contributed by atoms with van der Waals surface area (Å²) in [5, 5.41) is 0. The third kappa shape index (κ3) is 5.39. The van der Waals surface area contributed by atoms with Gasteiger partial charge < -0.3 is 14.4 Å². The highest BCUT2D eigenvalue weighted by molar-refractivity contribution is 5.85. The maximum atomic E-state index is 11.7. The van der Waals surface area contributed by atoms with E-state index in [0.29, 0.717) is 5.75 Å². The van der Waals surface area contributed by atoms with Gasteiger partial charge in [0.1, 0.15) is 11.9 Å². The average Bonchev–Trinajstić information content (AvgIpc) is 2.41. The van der Waals surface area contributed by atoms with Crippen molar-refractivity contribution < 1.29 is 14.3 Å². The fourth-order valence-electron chi connectivity index (χ4n) is 2.10. The first kappa shape index (κ1) is 16.8. The standard InChI is InChI=1S/C15H21NO3.ClH/c1-12-3-5-13(6-4-12)18-11-15(17)19-14-7-9-16(2)10-8-14;/h3-6,14H,7-11H2,1-2H3;1H. The zero-order valence-corrected chi connectivity index (χ0v) is 12.8. The van der Waals surface area contributed by atoms with Crippen molar-refractivity contribution >= 4 is 18.4 Å². The number of benzene rings is 1. The van der Waals surface area contributed by atoms with Crippen LogP contribution in [0.1, 0.15) is 18.4 Å². The van der Waals surface area contributed by atoms with Crippen LogP contribution in [0.4, 0.5) is 0 Å². The topological polar surface area (TPSA) is 38.8 Å². The summed E-state index contributed by atoms with van der Waals surface area (Å²) in [5.74, 6) is 0.418. The molecule has 1 aliphatic rings. The highest BCUT2D eigenvalue weighted by Crippen LogP contribution is 2.14. The van der Waals surface area contributed by atoms with Gasteiger partial charge in [-0.1, -0.05) is 17.7 Å². The number of hydrogen-bond acceptors (Lipinski definition) is 4. The molecule has 112 valence electrons. The Kier molecular flexibility index (Phi) is 6.82. The van der Waals surface area contributed by atoms with Crippen LogP contribution in [0.15, 0.2) is 24.3 Å². The van der Waals surface area contributed by atoms with E-state index in [2.05, 4.69) is 11.9 Å². The van der Waals surface area contributed by atoms with E-state index in [-0.39, 0.29) is 31.1 Å². The molecule has 1 aromatic rings. The molecule has 0 N–H and O–H groups in total. The summed E-state index contributed by atoms with van der Waals surface area (Å²) in [6.45, 7) is 3.96. The third-order valence-electron chi connectivity index (χ3n) is 3.34. The Morgan fingerprint density at radius 2 is 1.85 bits per heavy atom. The number of esters is 1. The van der Waals surface area contributed by atoms with Crippen molar-refractivity contribution in [2.45, 2.75) is 25.9 Å². The Labute approximate surface area is 126 Å². The predicted octanol–water partition coefficient (Wildman–Crippen LogP) is 2.43. The minimum Gasteiger partial charge on any atom is -0.482 e. The molecule has 4 nitrogen and oxygen atoms in total.